The molecule has 3 aromatic carbocycles. The van der Waals surface area contributed by atoms with Crippen LogP contribution < -0.4 is 4.74 Å². The summed E-state index contributed by atoms with van der Waals surface area (Å²) in [6.07, 6.45) is -5.22. The summed E-state index contributed by atoms with van der Waals surface area (Å²) >= 11 is 0. The standard InChI is InChI=1S/C30H35F3N2O5S/c1-6-38-27(39-7-2)17-35(41(36,37)24-11-8-19(3)9-12-24)16-22-14-20(4)29-28(21(22)5)25-15-23(10-13-26(25)34-29)40-18-30(31,32)33/h8-15,27,34H,6-7,16-18H2,1-5H3. The molecule has 0 bridgehead atoms. The topological polar surface area (TPSA) is 80.9 Å². The summed E-state index contributed by atoms with van der Waals surface area (Å²) in [5.41, 5.74) is 4.92. The highest BCUT2D eigenvalue weighted by Crippen LogP contribution is 2.36. The molecule has 7 nitrogen and oxygen atoms in total. The van der Waals surface area contributed by atoms with Crippen LogP contribution in [0.2, 0.25) is 0 Å². The third-order valence-corrected chi connectivity index (χ3v) is 8.70. The van der Waals surface area contributed by atoms with Crippen molar-refractivity contribution in [1.82, 2.24) is 9.29 Å². The molecule has 0 fully saturated rings. The van der Waals surface area contributed by atoms with E-state index >= 15 is 0 Å². The van der Waals surface area contributed by atoms with Crippen molar-refractivity contribution in [3.05, 3.63) is 70.8 Å². The van der Waals surface area contributed by atoms with Gasteiger partial charge in [-0.2, -0.15) is 17.5 Å². The van der Waals surface area contributed by atoms with Gasteiger partial charge in [-0.25, -0.2) is 8.42 Å². The Bertz CT molecular complexity index is 1610. The fourth-order valence-corrected chi connectivity index (χ4v) is 6.27. The maximum atomic E-state index is 13.9. The highest BCUT2D eigenvalue weighted by atomic mass is 32.2. The number of H-pyrrole nitrogens is 1. The first-order valence-corrected chi connectivity index (χ1v) is 14.8. The Balaban J connectivity index is 1.80. The molecule has 0 unspecified atom stereocenters. The lowest BCUT2D eigenvalue weighted by molar-refractivity contribution is -0.153. The lowest BCUT2D eigenvalue weighted by Gasteiger charge is -2.28. The van der Waals surface area contributed by atoms with Gasteiger partial charge in [0.1, 0.15) is 5.75 Å². The summed E-state index contributed by atoms with van der Waals surface area (Å²) in [5, 5.41) is 1.49. The minimum Gasteiger partial charge on any atom is -0.484 e. The molecule has 0 aliphatic heterocycles. The summed E-state index contributed by atoms with van der Waals surface area (Å²) in [4.78, 5) is 3.50. The van der Waals surface area contributed by atoms with Gasteiger partial charge in [0.25, 0.3) is 0 Å². The summed E-state index contributed by atoms with van der Waals surface area (Å²) in [6.45, 7) is 8.61. The average Bonchev–Trinajstić information content (AvgIpc) is 3.30. The zero-order valence-corrected chi connectivity index (χ0v) is 24.6. The Kier molecular flexibility index (Phi) is 9.32. The van der Waals surface area contributed by atoms with Crippen molar-refractivity contribution in [2.24, 2.45) is 0 Å². The molecule has 0 aliphatic carbocycles. The summed E-state index contributed by atoms with van der Waals surface area (Å²) < 4.78 is 83.9. The van der Waals surface area contributed by atoms with Crippen LogP contribution in [-0.2, 0) is 26.0 Å². The molecule has 11 heteroatoms. The molecule has 1 heterocycles. The number of benzene rings is 3. The first-order chi connectivity index (χ1) is 19.3. The average molecular weight is 593 g/mol. The first kappa shape index (κ1) is 30.8. The van der Waals surface area contributed by atoms with E-state index < -0.39 is 29.1 Å². The van der Waals surface area contributed by atoms with Crippen LogP contribution in [0.15, 0.2) is 53.4 Å². The van der Waals surface area contributed by atoms with Crippen LogP contribution in [0.4, 0.5) is 13.2 Å². The predicted molar refractivity (Wildman–Crippen MR) is 153 cm³/mol. The summed E-state index contributed by atoms with van der Waals surface area (Å²) in [5.74, 6) is 0.0954. The molecule has 4 rings (SSSR count). The quantitative estimate of drug-likeness (QED) is 0.184. The van der Waals surface area contributed by atoms with Crippen LogP contribution in [0.3, 0.4) is 0 Å². The second-order valence-corrected chi connectivity index (χ2v) is 11.9. The molecule has 0 amide bonds. The zero-order valence-electron chi connectivity index (χ0n) is 23.8. The SMILES string of the molecule is CCOC(CN(Cc1cc(C)c2[nH]c3ccc(OCC(F)(F)F)cc3c2c1C)S(=O)(=O)c1ccc(C)cc1)OCC. The van der Waals surface area contributed by atoms with Crippen molar-refractivity contribution in [3.8, 4) is 5.75 Å². The van der Waals surface area contributed by atoms with Crippen LogP contribution in [-0.4, -0.2) is 56.5 Å². The Morgan fingerprint density at radius 2 is 1.61 bits per heavy atom. The lowest BCUT2D eigenvalue weighted by atomic mass is 9.98. The molecule has 4 aromatic rings. The fraction of sp³-hybridized carbons (Fsp3) is 0.400. The molecule has 1 N–H and O–H groups in total. The van der Waals surface area contributed by atoms with Crippen molar-refractivity contribution in [2.45, 2.75) is 58.5 Å². The number of nitrogens with one attached hydrogen (secondary N) is 1. The van der Waals surface area contributed by atoms with Gasteiger partial charge in [0.2, 0.25) is 10.0 Å². The number of aromatic amines is 1. The maximum absolute atomic E-state index is 13.9. The van der Waals surface area contributed by atoms with E-state index in [0.717, 1.165) is 38.7 Å². The normalized spacial score (nSPS) is 12.7. The smallest absolute Gasteiger partial charge is 0.422 e. The van der Waals surface area contributed by atoms with Crippen molar-refractivity contribution in [2.75, 3.05) is 26.4 Å². The lowest BCUT2D eigenvalue weighted by Crippen LogP contribution is -2.39. The van der Waals surface area contributed by atoms with Crippen molar-refractivity contribution in [3.63, 3.8) is 0 Å². The van der Waals surface area contributed by atoms with Gasteiger partial charge in [-0.1, -0.05) is 23.8 Å². The van der Waals surface area contributed by atoms with Gasteiger partial charge >= 0.3 is 6.18 Å². The van der Waals surface area contributed by atoms with Crippen LogP contribution >= 0.6 is 0 Å². The molecular weight excluding hydrogens is 557 g/mol. The molecule has 0 spiro atoms. The minimum absolute atomic E-state index is 0.0300. The zero-order chi connectivity index (χ0) is 29.9. The van der Waals surface area contributed by atoms with Crippen molar-refractivity contribution in [1.29, 1.82) is 0 Å². The molecule has 222 valence electrons. The van der Waals surface area contributed by atoms with Gasteiger partial charge in [0, 0.05) is 41.6 Å². The minimum atomic E-state index is -4.46. The van der Waals surface area contributed by atoms with E-state index in [0.29, 0.717) is 18.6 Å². The number of aromatic nitrogens is 1. The largest absolute Gasteiger partial charge is 0.484 e. The third kappa shape index (κ3) is 7.03. The van der Waals surface area contributed by atoms with Crippen LogP contribution in [0.1, 0.15) is 36.1 Å². The number of halogens is 3. The van der Waals surface area contributed by atoms with E-state index in [1.54, 1.807) is 36.4 Å². The van der Waals surface area contributed by atoms with Gasteiger partial charge in [-0.3, -0.25) is 0 Å². The number of rotatable bonds is 12. The van der Waals surface area contributed by atoms with Gasteiger partial charge in [0.05, 0.1) is 11.4 Å². The number of hydrogen-bond donors (Lipinski definition) is 1. The number of nitrogens with zero attached hydrogens (tertiary/aromatic N) is 1. The number of fused-ring (bicyclic) bond motifs is 3. The van der Waals surface area contributed by atoms with Gasteiger partial charge in [-0.05, 0) is 81.6 Å². The molecule has 0 radical (unpaired) electrons. The molecular formula is C30H35F3N2O5S. The van der Waals surface area contributed by atoms with Gasteiger partial charge in [0.15, 0.2) is 12.9 Å². The second-order valence-electron chi connectivity index (χ2n) is 9.91. The molecule has 0 atom stereocenters. The van der Waals surface area contributed by atoms with E-state index in [-0.39, 0.29) is 23.7 Å². The molecule has 0 saturated heterocycles. The van der Waals surface area contributed by atoms with E-state index in [4.69, 9.17) is 14.2 Å². The van der Waals surface area contributed by atoms with Gasteiger partial charge in [-0.15, -0.1) is 0 Å². The fourth-order valence-electron chi connectivity index (χ4n) is 4.87. The number of alkyl halides is 3. The number of sulfonamides is 1. The summed E-state index contributed by atoms with van der Waals surface area (Å²) in [6, 6.07) is 13.3. The summed E-state index contributed by atoms with van der Waals surface area (Å²) in [7, 11) is -3.95. The van der Waals surface area contributed by atoms with Crippen molar-refractivity contribution >= 4 is 31.8 Å². The molecule has 0 saturated carbocycles. The molecule has 0 aliphatic rings. The van der Waals surface area contributed by atoms with Gasteiger partial charge < -0.3 is 19.2 Å². The monoisotopic (exact) mass is 592 g/mol. The Morgan fingerprint density at radius 3 is 2.22 bits per heavy atom. The van der Waals surface area contributed by atoms with E-state index in [9.17, 15) is 21.6 Å². The molecule has 1 aromatic heterocycles. The van der Waals surface area contributed by atoms with E-state index in [1.807, 2.05) is 40.7 Å². The van der Waals surface area contributed by atoms with E-state index in [2.05, 4.69) is 4.98 Å². The van der Waals surface area contributed by atoms with Crippen LogP contribution in [0, 0.1) is 20.8 Å². The Morgan fingerprint density at radius 1 is 0.951 bits per heavy atom. The Labute approximate surface area is 238 Å². The van der Waals surface area contributed by atoms with Crippen LogP contribution in [0.25, 0.3) is 21.8 Å². The van der Waals surface area contributed by atoms with E-state index in [1.165, 1.54) is 10.4 Å². The number of aryl methyl sites for hydroxylation is 3. The maximum Gasteiger partial charge on any atom is 0.422 e. The van der Waals surface area contributed by atoms with Crippen molar-refractivity contribution < 1.29 is 35.8 Å². The highest BCUT2D eigenvalue weighted by Gasteiger charge is 2.30. The molecule has 41 heavy (non-hydrogen) atoms. The third-order valence-electron chi connectivity index (χ3n) is 6.88. The number of ether oxygens (including phenoxy) is 3. The highest BCUT2D eigenvalue weighted by molar-refractivity contribution is 7.89. The Hall–Kier alpha value is -3.12. The predicted octanol–water partition coefficient (Wildman–Crippen LogP) is 6.78. The van der Waals surface area contributed by atoms with Crippen LogP contribution in [0.5, 0.6) is 5.75 Å². The first-order valence-electron chi connectivity index (χ1n) is 13.4. The second kappa shape index (κ2) is 12.4. The number of hydrogen-bond acceptors (Lipinski definition) is 5.